The highest BCUT2D eigenvalue weighted by Crippen LogP contribution is 2.19. The first-order valence-electron chi connectivity index (χ1n) is 5.35. The van der Waals surface area contributed by atoms with Crippen LogP contribution in [0.2, 0.25) is 0 Å². The largest absolute Gasteiger partial charge is 0.399 e. The predicted octanol–water partition coefficient (Wildman–Crippen LogP) is 2.30. The van der Waals surface area contributed by atoms with E-state index in [9.17, 15) is 4.79 Å². The second-order valence-corrected chi connectivity index (χ2v) is 4.79. The highest BCUT2D eigenvalue weighted by molar-refractivity contribution is 8.00. The molecule has 0 saturated carbocycles. The lowest BCUT2D eigenvalue weighted by Crippen LogP contribution is -2.13. The van der Waals surface area contributed by atoms with Crippen LogP contribution in [0, 0.1) is 6.92 Å². The molecule has 0 radical (unpaired) electrons. The summed E-state index contributed by atoms with van der Waals surface area (Å²) in [5, 5.41) is 6.32. The van der Waals surface area contributed by atoms with Gasteiger partial charge in [0.1, 0.15) is 0 Å². The molecule has 0 fully saturated rings. The Labute approximate surface area is 109 Å². The third kappa shape index (κ3) is 3.53. The van der Waals surface area contributed by atoms with Crippen LogP contribution < -0.4 is 11.1 Å². The maximum atomic E-state index is 11.6. The predicted molar refractivity (Wildman–Crippen MR) is 71.4 cm³/mol. The number of nitrogens with one attached hydrogen (secondary N) is 1. The fraction of sp³-hybridized carbons (Fsp3) is 0.167. The number of amides is 1. The van der Waals surface area contributed by atoms with Crippen LogP contribution in [0.5, 0.6) is 0 Å². The van der Waals surface area contributed by atoms with Crippen molar-refractivity contribution in [3.8, 4) is 0 Å². The summed E-state index contributed by atoms with van der Waals surface area (Å²) in [4.78, 5) is 12.6. The Morgan fingerprint density at radius 2 is 2.17 bits per heavy atom. The average Bonchev–Trinajstić information content (AvgIpc) is 2.74. The molecule has 94 valence electrons. The summed E-state index contributed by atoms with van der Waals surface area (Å²) in [6, 6.07) is 9.05. The molecule has 2 aromatic rings. The highest BCUT2D eigenvalue weighted by Gasteiger charge is 2.07. The van der Waals surface area contributed by atoms with Crippen LogP contribution in [0.15, 0.2) is 39.8 Å². The molecule has 0 saturated heterocycles. The fourth-order valence-corrected chi connectivity index (χ4v) is 2.01. The van der Waals surface area contributed by atoms with E-state index in [2.05, 4.69) is 10.5 Å². The Kier molecular flexibility index (Phi) is 3.88. The van der Waals surface area contributed by atoms with E-state index in [0.717, 1.165) is 10.6 Å². The number of benzene rings is 1. The van der Waals surface area contributed by atoms with Crippen molar-refractivity contribution in [3.63, 3.8) is 0 Å². The SMILES string of the molecule is Cc1cc(NC(=O)CSc2ccc(N)cc2)on1. The molecule has 0 spiro atoms. The van der Waals surface area contributed by atoms with Crippen molar-refractivity contribution in [2.75, 3.05) is 16.8 Å². The van der Waals surface area contributed by atoms with Gasteiger partial charge in [-0.1, -0.05) is 5.16 Å². The molecule has 0 aliphatic carbocycles. The Morgan fingerprint density at radius 3 is 2.78 bits per heavy atom. The van der Waals surface area contributed by atoms with E-state index in [0.29, 0.717) is 17.3 Å². The van der Waals surface area contributed by atoms with E-state index in [4.69, 9.17) is 10.3 Å². The van der Waals surface area contributed by atoms with Crippen LogP contribution in [0.1, 0.15) is 5.69 Å². The lowest BCUT2D eigenvalue weighted by molar-refractivity contribution is -0.113. The third-order valence-corrected chi connectivity index (χ3v) is 3.15. The van der Waals surface area contributed by atoms with Crippen LogP contribution in [0.3, 0.4) is 0 Å². The Hall–Kier alpha value is -1.95. The standard InChI is InChI=1S/C12H13N3O2S/c1-8-6-12(17-15-8)14-11(16)7-18-10-4-2-9(13)3-5-10/h2-6H,7,13H2,1H3,(H,14,16). The number of anilines is 2. The van der Waals surface area contributed by atoms with Crippen LogP contribution in [-0.4, -0.2) is 16.8 Å². The normalized spacial score (nSPS) is 10.3. The number of thioether (sulfide) groups is 1. The molecule has 1 amide bonds. The second-order valence-electron chi connectivity index (χ2n) is 3.74. The quantitative estimate of drug-likeness (QED) is 0.653. The van der Waals surface area contributed by atoms with Crippen LogP contribution in [0.4, 0.5) is 11.6 Å². The summed E-state index contributed by atoms with van der Waals surface area (Å²) in [7, 11) is 0. The molecule has 0 atom stereocenters. The molecule has 0 bridgehead atoms. The van der Waals surface area contributed by atoms with Gasteiger partial charge in [-0.2, -0.15) is 0 Å². The van der Waals surface area contributed by atoms with Crippen molar-refractivity contribution in [2.24, 2.45) is 0 Å². The first kappa shape index (κ1) is 12.5. The van der Waals surface area contributed by atoms with Crippen molar-refractivity contribution in [1.29, 1.82) is 0 Å². The zero-order valence-corrected chi connectivity index (χ0v) is 10.7. The molecule has 1 aromatic heterocycles. The molecular weight excluding hydrogens is 250 g/mol. The van der Waals surface area contributed by atoms with Gasteiger partial charge >= 0.3 is 0 Å². The molecule has 3 N–H and O–H groups in total. The molecule has 0 aliphatic heterocycles. The van der Waals surface area contributed by atoms with E-state index < -0.39 is 0 Å². The molecule has 5 nitrogen and oxygen atoms in total. The van der Waals surface area contributed by atoms with E-state index in [1.54, 1.807) is 25.1 Å². The number of carbonyl (C=O) groups is 1. The minimum Gasteiger partial charge on any atom is -0.399 e. The first-order valence-corrected chi connectivity index (χ1v) is 6.33. The Bertz CT molecular complexity index is 537. The maximum Gasteiger partial charge on any atom is 0.237 e. The summed E-state index contributed by atoms with van der Waals surface area (Å²) < 4.78 is 4.89. The minimum atomic E-state index is -0.132. The lowest BCUT2D eigenvalue weighted by Gasteiger charge is -2.02. The average molecular weight is 263 g/mol. The van der Waals surface area contributed by atoms with Gasteiger partial charge in [0, 0.05) is 16.6 Å². The summed E-state index contributed by atoms with van der Waals surface area (Å²) in [5.41, 5.74) is 7.02. The molecule has 18 heavy (non-hydrogen) atoms. The summed E-state index contributed by atoms with van der Waals surface area (Å²) in [6.07, 6.45) is 0. The number of aromatic nitrogens is 1. The summed E-state index contributed by atoms with van der Waals surface area (Å²) in [6.45, 7) is 1.79. The van der Waals surface area contributed by atoms with Crippen molar-refractivity contribution in [3.05, 3.63) is 36.0 Å². The van der Waals surface area contributed by atoms with Crippen LogP contribution in [0.25, 0.3) is 0 Å². The summed E-state index contributed by atoms with van der Waals surface area (Å²) in [5.74, 6) is 0.548. The number of hydrogen-bond acceptors (Lipinski definition) is 5. The molecule has 1 heterocycles. The number of aryl methyl sites for hydroxylation is 1. The number of hydrogen-bond donors (Lipinski definition) is 2. The molecule has 6 heteroatoms. The van der Waals surface area contributed by atoms with Crippen LogP contribution >= 0.6 is 11.8 Å². The molecule has 1 aromatic carbocycles. The van der Waals surface area contributed by atoms with Crippen LogP contribution in [-0.2, 0) is 4.79 Å². The highest BCUT2D eigenvalue weighted by atomic mass is 32.2. The maximum absolute atomic E-state index is 11.6. The van der Waals surface area contributed by atoms with Gasteiger partial charge in [-0.25, -0.2) is 0 Å². The van der Waals surface area contributed by atoms with Gasteiger partial charge in [-0.3, -0.25) is 10.1 Å². The van der Waals surface area contributed by atoms with E-state index in [-0.39, 0.29) is 5.91 Å². The van der Waals surface area contributed by atoms with Gasteiger partial charge in [0.2, 0.25) is 11.8 Å². The van der Waals surface area contributed by atoms with Gasteiger partial charge in [-0.05, 0) is 31.2 Å². The third-order valence-electron chi connectivity index (χ3n) is 2.14. The van der Waals surface area contributed by atoms with E-state index in [1.165, 1.54) is 11.8 Å². The van der Waals surface area contributed by atoms with E-state index >= 15 is 0 Å². The first-order chi connectivity index (χ1) is 8.63. The van der Waals surface area contributed by atoms with Gasteiger partial charge in [0.15, 0.2) is 0 Å². The fourth-order valence-electron chi connectivity index (χ4n) is 1.31. The number of nitrogen functional groups attached to an aromatic ring is 1. The van der Waals surface area contributed by atoms with Crippen molar-refractivity contribution >= 4 is 29.2 Å². The van der Waals surface area contributed by atoms with Crippen molar-refractivity contribution in [2.45, 2.75) is 11.8 Å². The van der Waals surface area contributed by atoms with Gasteiger partial charge in [-0.15, -0.1) is 11.8 Å². The van der Waals surface area contributed by atoms with Gasteiger partial charge in [0.05, 0.1) is 11.4 Å². The molecular formula is C12H13N3O2S. The number of nitrogens with two attached hydrogens (primary N) is 1. The number of nitrogens with zero attached hydrogens (tertiary/aromatic N) is 1. The molecule has 0 aliphatic rings. The second kappa shape index (κ2) is 5.59. The Morgan fingerprint density at radius 1 is 1.44 bits per heavy atom. The zero-order chi connectivity index (χ0) is 13.0. The minimum absolute atomic E-state index is 0.132. The van der Waals surface area contributed by atoms with Gasteiger partial charge in [0.25, 0.3) is 0 Å². The number of rotatable bonds is 4. The van der Waals surface area contributed by atoms with Crippen molar-refractivity contribution < 1.29 is 9.32 Å². The summed E-state index contributed by atoms with van der Waals surface area (Å²) >= 11 is 1.43. The van der Waals surface area contributed by atoms with Gasteiger partial charge < -0.3 is 10.3 Å². The molecule has 0 unspecified atom stereocenters. The Balaban J connectivity index is 1.83. The zero-order valence-electron chi connectivity index (χ0n) is 9.84. The molecule has 2 rings (SSSR count). The van der Waals surface area contributed by atoms with E-state index in [1.807, 2.05) is 12.1 Å². The smallest absolute Gasteiger partial charge is 0.237 e. The van der Waals surface area contributed by atoms with Crippen molar-refractivity contribution in [1.82, 2.24) is 5.16 Å². The topological polar surface area (TPSA) is 81.2 Å². The lowest BCUT2D eigenvalue weighted by atomic mass is 10.3. The number of carbonyl (C=O) groups excluding carboxylic acids is 1. The monoisotopic (exact) mass is 263 g/mol.